The fourth-order valence-corrected chi connectivity index (χ4v) is 2.68. The fraction of sp³-hybridized carbons (Fsp3) is 1.00. The van der Waals surface area contributed by atoms with Crippen LogP contribution in [-0.4, -0.2) is 113 Å². The Bertz CT molecular complexity index is 164. The molecule has 0 heterocycles. The van der Waals surface area contributed by atoms with Gasteiger partial charge in [0.2, 0.25) is 0 Å². The van der Waals surface area contributed by atoms with E-state index in [-0.39, 0.29) is 0 Å². The average molecular weight is 625 g/mol. The van der Waals surface area contributed by atoms with Gasteiger partial charge in [-0.1, -0.05) is 0 Å². The van der Waals surface area contributed by atoms with Gasteiger partial charge in [0.1, 0.15) is 0 Å². The Labute approximate surface area is 166 Å². The Morgan fingerprint density at radius 3 is 0.545 bits per heavy atom. The summed E-state index contributed by atoms with van der Waals surface area (Å²) in [4.78, 5) is 0. The van der Waals surface area contributed by atoms with Gasteiger partial charge in [-0.2, -0.15) is 0 Å². The standard InChI is InChI=1S/2C8H20N.H2Se3Te/c2*1-5-9(6-2,7-3)8-4;1-4(2)3/h2*5-8H2,1-4H3;(H2,1,2,3)/q2*+1;/p-2. The van der Waals surface area contributed by atoms with Gasteiger partial charge >= 0.3 is 51.4 Å². The van der Waals surface area contributed by atoms with Gasteiger partial charge in [0, 0.05) is 0 Å². The van der Waals surface area contributed by atoms with Gasteiger partial charge in [-0.3, -0.25) is 0 Å². The van der Waals surface area contributed by atoms with Crippen LogP contribution >= 0.6 is 0 Å². The first-order chi connectivity index (χ1) is 10.2. The Balaban J connectivity index is -0.000000266. The second-order valence-electron chi connectivity index (χ2n) is 5.42. The molecule has 0 amide bonds. The first kappa shape index (κ1) is 29.0. The molecule has 0 atom stereocenters. The molecular weight excluding hydrogens is 585 g/mol. The van der Waals surface area contributed by atoms with Gasteiger partial charge in [0.05, 0.1) is 52.4 Å². The van der Waals surface area contributed by atoms with Gasteiger partial charge < -0.3 is 8.97 Å². The van der Waals surface area contributed by atoms with Crippen LogP contribution < -0.4 is 0 Å². The number of hydrogen-bond acceptors (Lipinski definition) is 0. The number of rotatable bonds is 8. The van der Waals surface area contributed by atoms with E-state index >= 15 is 0 Å². The second-order valence-corrected chi connectivity index (χ2v) is 42.2. The molecule has 2 nitrogen and oxygen atoms in total. The first-order valence-corrected chi connectivity index (χ1v) is 25.6. The van der Waals surface area contributed by atoms with Gasteiger partial charge in [-0.05, 0) is 55.4 Å². The molecule has 0 radical (unpaired) electrons. The van der Waals surface area contributed by atoms with Crippen LogP contribution in [0.25, 0.3) is 0 Å². The quantitative estimate of drug-likeness (QED) is 0.287. The molecule has 0 spiro atoms. The predicted octanol–water partition coefficient (Wildman–Crippen LogP) is 2.24. The molecule has 0 bridgehead atoms. The summed E-state index contributed by atoms with van der Waals surface area (Å²) in [7, 11) is 0. The molecule has 0 saturated heterocycles. The van der Waals surface area contributed by atoms with Crippen molar-refractivity contribution in [2.75, 3.05) is 52.4 Å². The van der Waals surface area contributed by atoms with Crippen molar-refractivity contribution in [3.05, 3.63) is 0 Å². The predicted molar refractivity (Wildman–Crippen MR) is 108 cm³/mol. The molecule has 0 N–H and O–H groups in total. The molecular formula is C16H40N2Se3Te. The summed E-state index contributed by atoms with van der Waals surface area (Å²) in [6, 6.07) is 0. The summed E-state index contributed by atoms with van der Waals surface area (Å²) in [6.07, 6.45) is 0. The zero-order valence-corrected chi connectivity index (χ0v) is 23.7. The Kier molecular flexibility index (Phi) is 23.9. The van der Waals surface area contributed by atoms with Crippen LogP contribution in [0.4, 0.5) is 0 Å². The molecule has 0 rings (SSSR count). The average Bonchev–Trinajstić information content (AvgIpc) is 2.53. The topological polar surface area (TPSA) is 0 Å². The summed E-state index contributed by atoms with van der Waals surface area (Å²) >= 11 is 8.15. The monoisotopic (exact) mass is 630 g/mol. The van der Waals surface area contributed by atoms with Crippen LogP contribution in [0, 0.1) is 0 Å². The van der Waals surface area contributed by atoms with E-state index in [1.54, 1.807) is 0 Å². The van der Waals surface area contributed by atoms with Crippen LogP contribution in [-0.2, 0) is 0 Å². The molecule has 0 aromatic carbocycles. The van der Waals surface area contributed by atoms with Crippen LogP contribution in [0.1, 0.15) is 55.4 Å². The van der Waals surface area contributed by atoms with E-state index in [1.165, 1.54) is 61.3 Å². The fourth-order valence-electron chi connectivity index (χ4n) is 2.68. The van der Waals surface area contributed by atoms with E-state index in [0.29, 0.717) is 0 Å². The number of nitrogens with zero attached hydrogens (tertiary/aromatic N) is 2. The van der Waals surface area contributed by atoms with E-state index < -0.39 is 12.9 Å². The Hall–Kier alpha value is 2.27. The SMILES string of the molecule is CC[N+](CC)(CC)CC.CC[N+](CC)(CC)CC.[Se-][Te+]([Se-])[Se-]. The van der Waals surface area contributed by atoms with Gasteiger partial charge in [-0.25, -0.2) is 0 Å². The third-order valence-electron chi connectivity index (χ3n) is 5.37. The third-order valence-corrected chi connectivity index (χ3v) is 5.37. The van der Waals surface area contributed by atoms with E-state index in [1.807, 2.05) is 0 Å². The van der Waals surface area contributed by atoms with Crippen molar-refractivity contribution in [2.45, 2.75) is 55.4 Å². The van der Waals surface area contributed by atoms with Crippen molar-refractivity contribution in [2.24, 2.45) is 0 Å². The van der Waals surface area contributed by atoms with E-state index in [2.05, 4.69) is 93.9 Å². The molecule has 0 aliphatic carbocycles. The minimum atomic E-state index is -0.732. The van der Waals surface area contributed by atoms with Crippen molar-refractivity contribution in [1.29, 1.82) is 0 Å². The zero-order chi connectivity index (χ0) is 18.2. The zero-order valence-electron chi connectivity index (χ0n) is 16.2. The number of quaternary nitrogens is 2. The van der Waals surface area contributed by atoms with Crippen molar-refractivity contribution in [3.8, 4) is 0 Å². The third kappa shape index (κ3) is 14.6. The summed E-state index contributed by atoms with van der Waals surface area (Å²) in [5, 5.41) is 0. The molecule has 0 aromatic heterocycles. The Morgan fingerprint density at radius 2 is 0.545 bits per heavy atom. The summed E-state index contributed by atoms with van der Waals surface area (Å²) in [5.41, 5.74) is 0. The van der Waals surface area contributed by atoms with Crippen LogP contribution in [0.2, 0.25) is 0 Å². The van der Waals surface area contributed by atoms with E-state index in [4.69, 9.17) is 0 Å². The summed E-state index contributed by atoms with van der Waals surface area (Å²) in [5.74, 6) is 0. The molecule has 22 heavy (non-hydrogen) atoms. The molecule has 0 aliphatic rings. The first-order valence-electron chi connectivity index (χ1n) is 8.69. The second kappa shape index (κ2) is 18.1. The Morgan fingerprint density at radius 1 is 0.455 bits per heavy atom. The van der Waals surface area contributed by atoms with Crippen LogP contribution in [0.5, 0.6) is 0 Å². The van der Waals surface area contributed by atoms with Crippen LogP contribution in [0.15, 0.2) is 0 Å². The minimum absolute atomic E-state index is 0.732. The van der Waals surface area contributed by atoms with Crippen molar-refractivity contribution in [1.82, 2.24) is 0 Å². The van der Waals surface area contributed by atoms with E-state index in [0.717, 1.165) is 0 Å². The molecule has 0 aliphatic heterocycles. The number of hydrogen-bond donors (Lipinski definition) is 0. The van der Waals surface area contributed by atoms with Crippen molar-refractivity contribution >= 4 is 51.4 Å². The summed E-state index contributed by atoms with van der Waals surface area (Å²) in [6.45, 7) is 28.4. The molecule has 138 valence electrons. The van der Waals surface area contributed by atoms with E-state index in [9.17, 15) is 0 Å². The molecule has 6 heteroatoms. The van der Waals surface area contributed by atoms with Crippen LogP contribution in [0.3, 0.4) is 0 Å². The normalized spacial score (nSPS) is 11.5. The molecule has 0 saturated carbocycles. The van der Waals surface area contributed by atoms with Crippen molar-refractivity contribution < 1.29 is 8.97 Å². The molecule has 0 unspecified atom stereocenters. The van der Waals surface area contributed by atoms with Gasteiger partial charge in [0.15, 0.2) is 0 Å². The van der Waals surface area contributed by atoms with Gasteiger partial charge in [0.25, 0.3) is 0 Å². The summed E-state index contributed by atoms with van der Waals surface area (Å²) < 4.78 is 2.56. The maximum absolute atomic E-state index is 2.96. The molecule has 0 aromatic rings. The van der Waals surface area contributed by atoms with Gasteiger partial charge in [-0.15, -0.1) is 0 Å². The maximum atomic E-state index is 2.96. The molecule has 0 fully saturated rings. The van der Waals surface area contributed by atoms with Crippen molar-refractivity contribution in [3.63, 3.8) is 0 Å².